The number of benzene rings is 1. The zero-order chi connectivity index (χ0) is 14.5. The molecule has 0 saturated carbocycles. The Kier molecular flexibility index (Phi) is 4.94. The number of carbonyl (C=O) groups is 1. The monoisotopic (exact) mass is 281 g/mol. The number of hydrogen-bond donors (Lipinski definition) is 3. The minimum Gasteiger partial charge on any atom is -0.465 e. The fourth-order valence-corrected chi connectivity index (χ4v) is 2.35. The molecule has 0 radical (unpaired) electrons. The van der Waals surface area contributed by atoms with Gasteiger partial charge < -0.3 is 25.0 Å². The van der Waals surface area contributed by atoms with E-state index < -0.39 is 24.2 Å². The number of nitrogens with zero attached hydrogens (tertiary/aromatic N) is 1. The molecule has 3 N–H and O–H groups in total. The van der Waals surface area contributed by atoms with Crippen molar-refractivity contribution in [3.05, 3.63) is 35.9 Å². The number of hydrogen-bond acceptors (Lipinski definition) is 4. The molecule has 1 aliphatic rings. The lowest BCUT2D eigenvalue weighted by Crippen LogP contribution is -2.55. The van der Waals surface area contributed by atoms with Crippen molar-refractivity contribution in [1.29, 1.82) is 0 Å². The summed E-state index contributed by atoms with van der Waals surface area (Å²) in [7, 11) is 0. The van der Waals surface area contributed by atoms with Crippen molar-refractivity contribution in [3.63, 3.8) is 0 Å². The molecular formula is C14H19NO5. The third-order valence-electron chi connectivity index (χ3n) is 3.53. The quantitative estimate of drug-likeness (QED) is 0.749. The summed E-state index contributed by atoms with van der Waals surface area (Å²) in [6.45, 7) is 0.266. The summed E-state index contributed by atoms with van der Waals surface area (Å²) in [5, 5.41) is 28.4. The Morgan fingerprint density at radius 3 is 2.60 bits per heavy atom. The molecule has 1 aliphatic heterocycles. The molecule has 0 bridgehead atoms. The summed E-state index contributed by atoms with van der Waals surface area (Å²) in [6.07, 6.45) is -2.56. The van der Waals surface area contributed by atoms with Crippen molar-refractivity contribution < 1.29 is 24.9 Å². The first-order chi connectivity index (χ1) is 9.61. The number of rotatable bonds is 4. The highest BCUT2D eigenvalue weighted by molar-refractivity contribution is 5.65. The molecule has 1 aromatic carbocycles. The van der Waals surface area contributed by atoms with E-state index in [1.165, 1.54) is 4.90 Å². The highest BCUT2D eigenvalue weighted by Gasteiger charge is 2.37. The summed E-state index contributed by atoms with van der Waals surface area (Å²) in [6, 6.07) is 9.46. The van der Waals surface area contributed by atoms with Gasteiger partial charge in [-0.05, 0) is 5.56 Å². The van der Waals surface area contributed by atoms with E-state index in [1.807, 2.05) is 30.3 Å². The fourth-order valence-electron chi connectivity index (χ4n) is 2.35. The fraction of sp³-hybridized carbons (Fsp3) is 0.500. The average Bonchev–Trinajstić information content (AvgIpc) is 2.47. The standard InChI is InChI=1S/C14H19NO5/c16-8-11-6-15(14(18)19)7-12(13(11)17)20-9-10-4-2-1-3-5-10/h1-5,11-13,16-17H,6-9H2,(H,18,19). The van der Waals surface area contributed by atoms with Crippen LogP contribution in [0.1, 0.15) is 5.56 Å². The molecule has 1 heterocycles. The number of amides is 1. The highest BCUT2D eigenvalue weighted by Crippen LogP contribution is 2.21. The van der Waals surface area contributed by atoms with E-state index in [-0.39, 0.29) is 19.7 Å². The van der Waals surface area contributed by atoms with E-state index in [9.17, 15) is 15.0 Å². The molecule has 6 heteroatoms. The van der Waals surface area contributed by atoms with Crippen LogP contribution in [0.4, 0.5) is 4.79 Å². The first-order valence-corrected chi connectivity index (χ1v) is 6.54. The number of aliphatic hydroxyl groups excluding tert-OH is 2. The van der Waals surface area contributed by atoms with Gasteiger partial charge in [0, 0.05) is 12.5 Å². The highest BCUT2D eigenvalue weighted by atomic mass is 16.5. The van der Waals surface area contributed by atoms with Crippen molar-refractivity contribution in [1.82, 2.24) is 4.90 Å². The largest absolute Gasteiger partial charge is 0.465 e. The van der Waals surface area contributed by atoms with Gasteiger partial charge in [-0.15, -0.1) is 0 Å². The number of aliphatic hydroxyl groups is 2. The molecule has 1 amide bonds. The van der Waals surface area contributed by atoms with Crippen LogP contribution in [0.5, 0.6) is 0 Å². The molecule has 1 fully saturated rings. The Bertz CT molecular complexity index is 438. The molecule has 1 aromatic rings. The van der Waals surface area contributed by atoms with Crippen LogP contribution in [-0.2, 0) is 11.3 Å². The van der Waals surface area contributed by atoms with Gasteiger partial charge in [-0.3, -0.25) is 0 Å². The lowest BCUT2D eigenvalue weighted by atomic mass is 9.93. The lowest BCUT2D eigenvalue weighted by Gasteiger charge is -2.39. The summed E-state index contributed by atoms with van der Waals surface area (Å²) in [5.74, 6) is -0.513. The Morgan fingerprint density at radius 2 is 2.00 bits per heavy atom. The van der Waals surface area contributed by atoms with Crippen LogP contribution in [0.15, 0.2) is 30.3 Å². The van der Waals surface area contributed by atoms with Gasteiger partial charge in [-0.1, -0.05) is 30.3 Å². The van der Waals surface area contributed by atoms with Gasteiger partial charge in [-0.2, -0.15) is 0 Å². The second kappa shape index (κ2) is 6.69. The summed E-state index contributed by atoms with van der Waals surface area (Å²) < 4.78 is 5.63. The van der Waals surface area contributed by atoms with E-state index in [2.05, 4.69) is 0 Å². The van der Waals surface area contributed by atoms with E-state index in [4.69, 9.17) is 9.84 Å². The van der Waals surface area contributed by atoms with Gasteiger partial charge >= 0.3 is 6.09 Å². The van der Waals surface area contributed by atoms with Crippen molar-refractivity contribution in [2.75, 3.05) is 19.7 Å². The second-order valence-corrected chi connectivity index (χ2v) is 4.96. The van der Waals surface area contributed by atoms with Crippen molar-refractivity contribution >= 4 is 6.09 Å². The Morgan fingerprint density at radius 1 is 1.30 bits per heavy atom. The van der Waals surface area contributed by atoms with Gasteiger partial charge in [0.2, 0.25) is 0 Å². The zero-order valence-corrected chi connectivity index (χ0v) is 11.1. The van der Waals surface area contributed by atoms with E-state index >= 15 is 0 Å². The van der Waals surface area contributed by atoms with Crippen LogP contribution >= 0.6 is 0 Å². The maximum atomic E-state index is 11.0. The molecular weight excluding hydrogens is 262 g/mol. The second-order valence-electron chi connectivity index (χ2n) is 4.96. The molecule has 3 unspecified atom stereocenters. The third kappa shape index (κ3) is 3.47. The SMILES string of the molecule is O=C(O)N1CC(CO)C(O)C(OCc2ccccc2)C1. The minimum absolute atomic E-state index is 0.111. The van der Waals surface area contributed by atoms with Gasteiger partial charge in [0.1, 0.15) is 6.10 Å². The van der Waals surface area contributed by atoms with Crippen LogP contribution in [0, 0.1) is 5.92 Å². The van der Waals surface area contributed by atoms with E-state index in [1.54, 1.807) is 0 Å². The zero-order valence-electron chi connectivity index (χ0n) is 11.1. The smallest absolute Gasteiger partial charge is 0.407 e. The maximum absolute atomic E-state index is 11.0. The normalized spacial score (nSPS) is 26.5. The number of likely N-dealkylation sites (tertiary alicyclic amines) is 1. The number of carboxylic acid groups (broad SMARTS) is 1. The molecule has 0 aliphatic carbocycles. The molecule has 3 atom stereocenters. The first-order valence-electron chi connectivity index (χ1n) is 6.54. The average molecular weight is 281 g/mol. The minimum atomic E-state index is -1.07. The van der Waals surface area contributed by atoms with Crippen LogP contribution in [-0.4, -0.2) is 58.2 Å². The molecule has 0 aromatic heterocycles. The number of piperidine rings is 1. The maximum Gasteiger partial charge on any atom is 0.407 e. The van der Waals surface area contributed by atoms with E-state index in [0.29, 0.717) is 6.61 Å². The molecule has 0 spiro atoms. The Hall–Kier alpha value is -1.63. The van der Waals surface area contributed by atoms with Crippen LogP contribution in [0.25, 0.3) is 0 Å². The predicted octanol–water partition coefficient (Wildman–Crippen LogP) is 0.535. The van der Waals surface area contributed by atoms with E-state index in [0.717, 1.165) is 5.56 Å². The van der Waals surface area contributed by atoms with Gasteiger partial charge in [-0.25, -0.2) is 4.79 Å². The van der Waals surface area contributed by atoms with Crippen LogP contribution < -0.4 is 0 Å². The van der Waals surface area contributed by atoms with Gasteiger partial charge in [0.25, 0.3) is 0 Å². The summed E-state index contributed by atoms with van der Waals surface area (Å²) in [4.78, 5) is 12.2. The summed E-state index contributed by atoms with van der Waals surface area (Å²) in [5.41, 5.74) is 0.952. The third-order valence-corrected chi connectivity index (χ3v) is 3.53. The van der Waals surface area contributed by atoms with Crippen molar-refractivity contribution in [2.24, 2.45) is 5.92 Å². The van der Waals surface area contributed by atoms with Gasteiger partial charge in [0.05, 0.1) is 25.9 Å². The molecule has 20 heavy (non-hydrogen) atoms. The number of ether oxygens (including phenoxy) is 1. The molecule has 6 nitrogen and oxygen atoms in total. The molecule has 1 saturated heterocycles. The lowest BCUT2D eigenvalue weighted by molar-refractivity contribution is -0.115. The summed E-state index contributed by atoms with van der Waals surface area (Å²) >= 11 is 0. The Balaban J connectivity index is 1.99. The van der Waals surface area contributed by atoms with Crippen molar-refractivity contribution in [3.8, 4) is 0 Å². The molecule has 110 valence electrons. The first kappa shape index (κ1) is 14.8. The van der Waals surface area contributed by atoms with Gasteiger partial charge in [0.15, 0.2) is 0 Å². The van der Waals surface area contributed by atoms with Crippen LogP contribution in [0.2, 0.25) is 0 Å². The van der Waals surface area contributed by atoms with Crippen LogP contribution in [0.3, 0.4) is 0 Å². The molecule has 2 rings (SSSR count). The van der Waals surface area contributed by atoms with Crippen molar-refractivity contribution in [2.45, 2.75) is 18.8 Å². The Labute approximate surface area is 117 Å². The predicted molar refractivity (Wildman–Crippen MR) is 71.2 cm³/mol. The topological polar surface area (TPSA) is 90.2 Å².